The molecular formula is C17H12F2N4O. The van der Waals surface area contributed by atoms with Crippen LogP contribution in [0.1, 0.15) is 10.4 Å². The highest BCUT2D eigenvalue weighted by Crippen LogP contribution is 2.18. The number of para-hydroxylation sites is 1. The zero-order chi connectivity index (χ0) is 16.9. The zero-order valence-electron chi connectivity index (χ0n) is 12.3. The summed E-state index contributed by atoms with van der Waals surface area (Å²) in [6, 6.07) is 14.8. The Morgan fingerprint density at radius 3 is 2.08 bits per heavy atom. The van der Waals surface area contributed by atoms with Gasteiger partial charge in [-0.25, -0.2) is 8.78 Å². The normalized spacial score (nSPS) is 10.2. The number of hydrogen-bond donors (Lipinski definition) is 2. The Hall–Kier alpha value is -3.35. The van der Waals surface area contributed by atoms with Gasteiger partial charge < -0.3 is 10.6 Å². The number of carbonyl (C=O) groups is 1. The van der Waals surface area contributed by atoms with Crippen molar-refractivity contribution in [2.45, 2.75) is 0 Å². The SMILES string of the molecule is O=C(Nc1ccc(Nc2ccccc2F)nn1)c1ccccc1F. The van der Waals surface area contributed by atoms with Gasteiger partial charge in [-0.05, 0) is 36.4 Å². The molecule has 1 heterocycles. The standard InChI is InChI=1S/C17H12F2N4O/c18-12-6-2-1-5-11(12)17(24)21-16-10-9-15(22-23-16)20-14-8-4-3-7-13(14)19/h1-10H,(H,20,22)(H,21,23,24). The molecular weight excluding hydrogens is 314 g/mol. The van der Waals surface area contributed by atoms with Crippen molar-refractivity contribution in [2.24, 2.45) is 0 Å². The molecule has 0 aliphatic heterocycles. The van der Waals surface area contributed by atoms with Crippen molar-refractivity contribution < 1.29 is 13.6 Å². The van der Waals surface area contributed by atoms with E-state index in [-0.39, 0.29) is 17.1 Å². The molecule has 0 atom stereocenters. The summed E-state index contributed by atoms with van der Waals surface area (Å²) in [5.41, 5.74) is 0.169. The predicted molar refractivity (Wildman–Crippen MR) is 86.1 cm³/mol. The van der Waals surface area contributed by atoms with E-state index in [0.29, 0.717) is 5.82 Å². The molecule has 0 aliphatic rings. The lowest BCUT2D eigenvalue weighted by atomic mass is 10.2. The summed E-state index contributed by atoms with van der Waals surface area (Å²) in [5, 5.41) is 12.9. The molecule has 1 amide bonds. The molecule has 0 aliphatic carbocycles. The minimum absolute atomic E-state index is 0.0899. The van der Waals surface area contributed by atoms with Gasteiger partial charge in [-0.15, -0.1) is 10.2 Å². The molecule has 0 unspecified atom stereocenters. The Bertz CT molecular complexity index is 868. The highest BCUT2D eigenvalue weighted by molar-refractivity contribution is 6.03. The van der Waals surface area contributed by atoms with Crippen molar-refractivity contribution in [2.75, 3.05) is 10.6 Å². The fraction of sp³-hybridized carbons (Fsp3) is 0. The monoisotopic (exact) mass is 326 g/mol. The summed E-state index contributed by atoms with van der Waals surface area (Å²) in [4.78, 5) is 12.0. The van der Waals surface area contributed by atoms with E-state index < -0.39 is 17.5 Å². The molecule has 1 aromatic heterocycles. The van der Waals surface area contributed by atoms with Gasteiger partial charge >= 0.3 is 0 Å². The summed E-state index contributed by atoms with van der Waals surface area (Å²) in [7, 11) is 0. The van der Waals surface area contributed by atoms with E-state index in [4.69, 9.17) is 0 Å². The van der Waals surface area contributed by atoms with Gasteiger partial charge in [0.1, 0.15) is 11.6 Å². The molecule has 0 bridgehead atoms. The maximum atomic E-state index is 13.5. The van der Waals surface area contributed by atoms with Crippen molar-refractivity contribution in [3.05, 3.63) is 77.9 Å². The van der Waals surface area contributed by atoms with Gasteiger partial charge in [-0.3, -0.25) is 4.79 Å². The number of aromatic nitrogens is 2. The molecule has 120 valence electrons. The van der Waals surface area contributed by atoms with Crippen LogP contribution in [0.5, 0.6) is 0 Å². The first-order valence-electron chi connectivity index (χ1n) is 7.04. The lowest BCUT2D eigenvalue weighted by molar-refractivity contribution is 0.102. The van der Waals surface area contributed by atoms with Gasteiger partial charge in [0.05, 0.1) is 11.3 Å². The largest absolute Gasteiger partial charge is 0.336 e. The van der Waals surface area contributed by atoms with Gasteiger partial charge in [0.15, 0.2) is 11.6 Å². The van der Waals surface area contributed by atoms with Crippen LogP contribution in [0, 0.1) is 11.6 Å². The molecule has 3 aromatic rings. The number of amides is 1. The van der Waals surface area contributed by atoms with Crippen LogP contribution in [0.25, 0.3) is 0 Å². The number of benzene rings is 2. The first-order valence-corrected chi connectivity index (χ1v) is 7.04. The van der Waals surface area contributed by atoms with E-state index in [0.717, 1.165) is 0 Å². The number of carbonyl (C=O) groups excluding carboxylic acids is 1. The second kappa shape index (κ2) is 6.82. The lowest BCUT2D eigenvalue weighted by Crippen LogP contribution is -2.15. The number of anilines is 3. The van der Waals surface area contributed by atoms with Crippen molar-refractivity contribution in [1.82, 2.24) is 10.2 Å². The zero-order valence-corrected chi connectivity index (χ0v) is 12.3. The van der Waals surface area contributed by atoms with Crippen LogP contribution in [0.15, 0.2) is 60.7 Å². The van der Waals surface area contributed by atoms with Crippen LogP contribution in [0.3, 0.4) is 0 Å². The van der Waals surface area contributed by atoms with Crippen molar-refractivity contribution >= 4 is 23.2 Å². The van der Waals surface area contributed by atoms with Crippen LogP contribution < -0.4 is 10.6 Å². The third-order valence-electron chi connectivity index (χ3n) is 3.16. The third-order valence-corrected chi connectivity index (χ3v) is 3.16. The van der Waals surface area contributed by atoms with Crippen LogP contribution >= 0.6 is 0 Å². The smallest absolute Gasteiger partial charge is 0.259 e. The summed E-state index contributed by atoms with van der Waals surface area (Å²) >= 11 is 0. The van der Waals surface area contributed by atoms with E-state index in [1.165, 1.54) is 36.4 Å². The second-order valence-corrected chi connectivity index (χ2v) is 4.84. The third kappa shape index (κ3) is 3.52. The first-order chi connectivity index (χ1) is 11.6. The van der Waals surface area contributed by atoms with Crippen molar-refractivity contribution in [3.63, 3.8) is 0 Å². The Kier molecular flexibility index (Phi) is 4.42. The number of halogens is 2. The number of nitrogens with one attached hydrogen (secondary N) is 2. The van der Waals surface area contributed by atoms with Crippen LogP contribution in [-0.4, -0.2) is 16.1 Å². The van der Waals surface area contributed by atoms with Crippen LogP contribution in [-0.2, 0) is 0 Å². The van der Waals surface area contributed by atoms with E-state index in [1.54, 1.807) is 24.3 Å². The maximum Gasteiger partial charge on any atom is 0.259 e. The molecule has 0 radical (unpaired) electrons. The summed E-state index contributed by atoms with van der Waals surface area (Å²) in [6.45, 7) is 0. The van der Waals surface area contributed by atoms with Gasteiger partial charge in [0.2, 0.25) is 0 Å². The van der Waals surface area contributed by atoms with Gasteiger partial charge in [0.25, 0.3) is 5.91 Å². The van der Waals surface area contributed by atoms with Crippen molar-refractivity contribution in [3.8, 4) is 0 Å². The van der Waals surface area contributed by atoms with Crippen LogP contribution in [0.4, 0.5) is 26.1 Å². The fourth-order valence-corrected chi connectivity index (χ4v) is 2.00. The number of rotatable bonds is 4. The summed E-state index contributed by atoms with van der Waals surface area (Å²) in [5.74, 6) is -1.21. The Balaban J connectivity index is 1.70. The topological polar surface area (TPSA) is 66.9 Å². The highest BCUT2D eigenvalue weighted by Gasteiger charge is 2.12. The predicted octanol–water partition coefficient (Wildman–Crippen LogP) is 3.75. The molecule has 0 saturated heterocycles. The molecule has 5 nitrogen and oxygen atoms in total. The van der Waals surface area contributed by atoms with E-state index >= 15 is 0 Å². The maximum absolute atomic E-state index is 13.5. The van der Waals surface area contributed by atoms with Crippen LogP contribution in [0.2, 0.25) is 0 Å². The molecule has 0 spiro atoms. The molecule has 7 heteroatoms. The fourth-order valence-electron chi connectivity index (χ4n) is 2.00. The van der Waals surface area contributed by atoms with E-state index in [2.05, 4.69) is 20.8 Å². The average molecular weight is 326 g/mol. The Morgan fingerprint density at radius 2 is 1.42 bits per heavy atom. The van der Waals surface area contributed by atoms with Crippen molar-refractivity contribution in [1.29, 1.82) is 0 Å². The molecule has 24 heavy (non-hydrogen) atoms. The Labute approximate surface area is 136 Å². The quantitative estimate of drug-likeness (QED) is 0.766. The van der Waals surface area contributed by atoms with E-state index in [1.807, 2.05) is 0 Å². The van der Waals surface area contributed by atoms with Gasteiger partial charge in [-0.1, -0.05) is 24.3 Å². The first kappa shape index (κ1) is 15.5. The van der Waals surface area contributed by atoms with Gasteiger partial charge in [-0.2, -0.15) is 0 Å². The second-order valence-electron chi connectivity index (χ2n) is 4.84. The van der Waals surface area contributed by atoms with E-state index in [9.17, 15) is 13.6 Å². The minimum Gasteiger partial charge on any atom is -0.336 e. The highest BCUT2D eigenvalue weighted by atomic mass is 19.1. The Morgan fingerprint density at radius 1 is 0.792 bits per heavy atom. The molecule has 0 fully saturated rings. The minimum atomic E-state index is -0.628. The number of hydrogen-bond acceptors (Lipinski definition) is 4. The molecule has 3 rings (SSSR count). The van der Waals surface area contributed by atoms with Gasteiger partial charge in [0, 0.05) is 0 Å². The molecule has 2 N–H and O–H groups in total. The lowest BCUT2D eigenvalue weighted by Gasteiger charge is -2.07. The summed E-state index contributed by atoms with van der Waals surface area (Å²) < 4.78 is 27.1. The summed E-state index contributed by atoms with van der Waals surface area (Å²) in [6.07, 6.45) is 0. The molecule has 0 saturated carbocycles. The number of nitrogens with zero attached hydrogens (tertiary/aromatic N) is 2. The average Bonchev–Trinajstić information content (AvgIpc) is 2.59. The molecule has 2 aromatic carbocycles.